The first-order valence-electron chi connectivity index (χ1n) is 5.50. The predicted molar refractivity (Wildman–Crippen MR) is 65.9 cm³/mol. The van der Waals surface area contributed by atoms with Gasteiger partial charge in [-0.15, -0.1) is 0 Å². The molecule has 0 saturated carbocycles. The standard InChI is InChI=1S/C11H15N5O2/c1-8(2)15-9-5-11(18)16(14-6-9)7-10(17)13-4-3-12/h5-6,8,15H,4,7H2,1-2H3,(H,13,17). The van der Waals surface area contributed by atoms with Crippen molar-refractivity contribution in [3.63, 3.8) is 0 Å². The number of nitriles is 1. The van der Waals surface area contributed by atoms with E-state index >= 15 is 0 Å². The fourth-order valence-electron chi connectivity index (χ4n) is 1.29. The van der Waals surface area contributed by atoms with E-state index in [9.17, 15) is 9.59 Å². The van der Waals surface area contributed by atoms with Crippen molar-refractivity contribution < 1.29 is 4.79 Å². The summed E-state index contributed by atoms with van der Waals surface area (Å²) in [7, 11) is 0. The minimum atomic E-state index is -0.421. The first-order valence-corrected chi connectivity index (χ1v) is 5.50. The van der Waals surface area contributed by atoms with Crippen molar-refractivity contribution in [2.75, 3.05) is 11.9 Å². The number of hydrogen-bond donors (Lipinski definition) is 2. The summed E-state index contributed by atoms with van der Waals surface area (Å²) in [5.74, 6) is -0.421. The van der Waals surface area contributed by atoms with Crippen LogP contribution in [-0.2, 0) is 11.3 Å². The van der Waals surface area contributed by atoms with Crippen molar-refractivity contribution in [1.82, 2.24) is 15.1 Å². The number of nitrogens with one attached hydrogen (secondary N) is 2. The van der Waals surface area contributed by atoms with Crippen LogP contribution in [0.5, 0.6) is 0 Å². The second kappa shape index (κ2) is 6.39. The molecule has 0 atom stereocenters. The van der Waals surface area contributed by atoms with Crippen LogP contribution in [0.2, 0.25) is 0 Å². The van der Waals surface area contributed by atoms with Crippen LogP contribution in [0.1, 0.15) is 13.8 Å². The third-order valence-corrected chi connectivity index (χ3v) is 1.98. The van der Waals surface area contributed by atoms with E-state index in [1.54, 1.807) is 6.07 Å². The lowest BCUT2D eigenvalue weighted by atomic mass is 10.3. The van der Waals surface area contributed by atoms with Crippen molar-refractivity contribution in [2.24, 2.45) is 0 Å². The molecule has 7 heteroatoms. The van der Waals surface area contributed by atoms with Gasteiger partial charge in [0.2, 0.25) is 5.91 Å². The van der Waals surface area contributed by atoms with Gasteiger partial charge in [-0.3, -0.25) is 9.59 Å². The van der Waals surface area contributed by atoms with Gasteiger partial charge in [0.15, 0.2) is 0 Å². The van der Waals surface area contributed by atoms with E-state index in [0.29, 0.717) is 5.69 Å². The van der Waals surface area contributed by atoms with E-state index < -0.39 is 5.91 Å². The first kappa shape index (κ1) is 13.7. The summed E-state index contributed by atoms with van der Waals surface area (Å²) in [6.45, 7) is 3.62. The van der Waals surface area contributed by atoms with Gasteiger partial charge in [-0.25, -0.2) is 4.68 Å². The molecule has 7 nitrogen and oxygen atoms in total. The number of carbonyl (C=O) groups is 1. The summed E-state index contributed by atoms with van der Waals surface area (Å²) < 4.78 is 1.04. The largest absolute Gasteiger partial charge is 0.381 e. The van der Waals surface area contributed by atoms with E-state index in [1.165, 1.54) is 12.3 Å². The van der Waals surface area contributed by atoms with Crippen LogP contribution < -0.4 is 16.2 Å². The summed E-state index contributed by atoms with van der Waals surface area (Å²) >= 11 is 0. The summed E-state index contributed by atoms with van der Waals surface area (Å²) in [6.07, 6.45) is 1.49. The molecule has 18 heavy (non-hydrogen) atoms. The lowest BCUT2D eigenvalue weighted by Gasteiger charge is -2.10. The van der Waals surface area contributed by atoms with E-state index in [1.807, 2.05) is 13.8 Å². The van der Waals surface area contributed by atoms with E-state index in [2.05, 4.69) is 15.7 Å². The third-order valence-electron chi connectivity index (χ3n) is 1.98. The lowest BCUT2D eigenvalue weighted by Crippen LogP contribution is -2.33. The average molecular weight is 249 g/mol. The zero-order valence-corrected chi connectivity index (χ0v) is 10.3. The molecule has 0 aliphatic carbocycles. The van der Waals surface area contributed by atoms with E-state index in [4.69, 9.17) is 5.26 Å². The summed E-state index contributed by atoms with van der Waals surface area (Å²) in [5, 5.41) is 17.6. The summed E-state index contributed by atoms with van der Waals surface area (Å²) in [5.41, 5.74) is 0.247. The van der Waals surface area contributed by atoms with Crippen LogP contribution in [0.25, 0.3) is 0 Å². The normalized spacial score (nSPS) is 9.89. The zero-order chi connectivity index (χ0) is 13.5. The number of hydrogen-bond acceptors (Lipinski definition) is 5. The Kier molecular flexibility index (Phi) is 4.87. The molecular formula is C11H15N5O2. The van der Waals surface area contributed by atoms with Gasteiger partial charge in [0.05, 0.1) is 18.0 Å². The highest BCUT2D eigenvalue weighted by atomic mass is 16.2. The Balaban J connectivity index is 2.71. The highest BCUT2D eigenvalue weighted by Gasteiger charge is 2.06. The average Bonchev–Trinajstić information content (AvgIpc) is 2.29. The van der Waals surface area contributed by atoms with Gasteiger partial charge >= 0.3 is 0 Å². The first-order chi connectivity index (χ1) is 8.52. The molecular weight excluding hydrogens is 234 g/mol. The number of nitrogens with zero attached hydrogens (tertiary/aromatic N) is 3. The second-order valence-electron chi connectivity index (χ2n) is 3.97. The Morgan fingerprint density at radius 2 is 2.33 bits per heavy atom. The molecule has 1 heterocycles. The molecule has 0 saturated heterocycles. The fraction of sp³-hybridized carbons (Fsp3) is 0.455. The van der Waals surface area contributed by atoms with Gasteiger partial charge in [-0.05, 0) is 13.8 Å². The maximum atomic E-state index is 11.6. The molecule has 0 bridgehead atoms. The van der Waals surface area contributed by atoms with Gasteiger partial charge in [0.25, 0.3) is 5.56 Å². The Morgan fingerprint density at radius 3 is 2.89 bits per heavy atom. The number of aromatic nitrogens is 2. The topological polar surface area (TPSA) is 99.8 Å². The smallest absolute Gasteiger partial charge is 0.269 e. The fourth-order valence-corrected chi connectivity index (χ4v) is 1.29. The van der Waals surface area contributed by atoms with Crippen molar-refractivity contribution in [2.45, 2.75) is 26.4 Å². The van der Waals surface area contributed by atoms with Crippen LogP contribution in [0, 0.1) is 11.3 Å². The maximum Gasteiger partial charge on any atom is 0.269 e. The molecule has 1 rings (SSSR count). The van der Waals surface area contributed by atoms with Crippen LogP contribution in [0.15, 0.2) is 17.1 Å². The van der Waals surface area contributed by atoms with Crippen LogP contribution in [0.3, 0.4) is 0 Å². The van der Waals surface area contributed by atoms with Crippen molar-refractivity contribution in [3.8, 4) is 6.07 Å². The summed E-state index contributed by atoms with van der Waals surface area (Å²) in [6, 6.07) is 3.35. The molecule has 0 radical (unpaired) electrons. The van der Waals surface area contributed by atoms with Gasteiger partial charge in [0, 0.05) is 12.1 Å². The van der Waals surface area contributed by atoms with Crippen molar-refractivity contribution in [1.29, 1.82) is 5.26 Å². The number of carbonyl (C=O) groups excluding carboxylic acids is 1. The third kappa shape index (κ3) is 4.25. The number of anilines is 1. The minimum absolute atomic E-state index is 0.0828. The lowest BCUT2D eigenvalue weighted by molar-refractivity contribution is -0.121. The SMILES string of the molecule is CC(C)Nc1cnn(CC(=O)NCC#N)c(=O)c1. The zero-order valence-electron chi connectivity index (χ0n) is 10.3. The van der Waals surface area contributed by atoms with Gasteiger partial charge in [-0.1, -0.05) is 0 Å². The van der Waals surface area contributed by atoms with Gasteiger partial charge in [-0.2, -0.15) is 10.4 Å². The Bertz CT molecular complexity index is 515. The molecule has 1 aromatic heterocycles. The van der Waals surface area contributed by atoms with Crippen LogP contribution in [-0.4, -0.2) is 28.3 Å². The highest BCUT2D eigenvalue weighted by Crippen LogP contribution is 2.01. The molecule has 1 aromatic rings. The molecule has 0 aliphatic rings. The molecule has 0 aromatic carbocycles. The minimum Gasteiger partial charge on any atom is -0.381 e. The molecule has 0 unspecified atom stereocenters. The van der Waals surface area contributed by atoms with E-state index in [0.717, 1.165) is 4.68 Å². The Labute approximate surface area is 104 Å². The highest BCUT2D eigenvalue weighted by molar-refractivity contribution is 5.75. The quantitative estimate of drug-likeness (QED) is 0.698. The maximum absolute atomic E-state index is 11.6. The van der Waals surface area contributed by atoms with E-state index in [-0.39, 0.29) is 24.7 Å². The summed E-state index contributed by atoms with van der Waals surface area (Å²) in [4.78, 5) is 23.0. The molecule has 0 fully saturated rings. The molecule has 0 aliphatic heterocycles. The Morgan fingerprint density at radius 1 is 1.61 bits per heavy atom. The van der Waals surface area contributed by atoms with Crippen molar-refractivity contribution in [3.05, 3.63) is 22.6 Å². The molecule has 0 spiro atoms. The second-order valence-corrected chi connectivity index (χ2v) is 3.97. The monoisotopic (exact) mass is 249 g/mol. The van der Waals surface area contributed by atoms with Gasteiger partial charge < -0.3 is 10.6 Å². The number of rotatable bonds is 5. The number of amides is 1. The van der Waals surface area contributed by atoms with Gasteiger partial charge in [0.1, 0.15) is 13.1 Å². The molecule has 1 amide bonds. The molecule has 2 N–H and O–H groups in total. The van der Waals surface area contributed by atoms with Crippen LogP contribution >= 0.6 is 0 Å². The predicted octanol–water partition coefficient (Wildman–Crippen LogP) is -0.297. The van der Waals surface area contributed by atoms with Crippen molar-refractivity contribution >= 4 is 11.6 Å². The van der Waals surface area contributed by atoms with Crippen LogP contribution in [0.4, 0.5) is 5.69 Å². The molecule has 96 valence electrons. The Hall–Kier alpha value is -2.36.